The number of hydrogen-bond acceptors (Lipinski definition) is 3. The average Bonchev–Trinajstić information content (AvgIpc) is 1.83. The van der Waals surface area contributed by atoms with Crippen LogP contribution >= 0.6 is 11.9 Å². The molecular formula is C5H12N2S. The van der Waals surface area contributed by atoms with Gasteiger partial charge in [-0.25, -0.2) is 0 Å². The Balaban J connectivity index is 3.26. The van der Waals surface area contributed by atoms with Crippen LogP contribution in [0, 0.1) is 0 Å². The van der Waals surface area contributed by atoms with Gasteiger partial charge in [-0.05, 0) is 25.3 Å². The first-order valence-electron chi connectivity index (χ1n) is 2.69. The van der Waals surface area contributed by atoms with E-state index in [4.69, 9.17) is 5.14 Å². The molecule has 0 aliphatic carbocycles. The highest BCUT2D eigenvalue weighted by atomic mass is 32.2. The van der Waals surface area contributed by atoms with Crippen LogP contribution in [-0.4, -0.2) is 11.6 Å². The minimum atomic E-state index is 0.899. The zero-order valence-electron chi connectivity index (χ0n) is 5.35. The Hall–Kier alpha value is -0.0200. The van der Waals surface area contributed by atoms with Crippen LogP contribution in [0.15, 0.2) is 4.99 Å². The Morgan fingerprint density at radius 2 is 2.38 bits per heavy atom. The first-order valence-corrected chi connectivity index (χ1v) is 3.57. The van der Waals surface area contributed by atoms with Crippen molar-refractivity contribution in [1.29, 1.82) is 0 Å². The molecule has 48 valence electrons. The lowest BCUT2D eigenvalue weighted by Crippen LogP contribution is -1.90. The molecule has 0 aromatic heterocycles. The van der Waals surface area contributed by atoms with Gasteiger partial charge >= 0.3 is 0 Å². The largest absolute Gasteiger partial charge is 0.282 e. The van der Waals surface area contributed by atoms with Gasteiger partial charge in [-0.2, -0.15) is 0 Å². The van der Waals surface area contributed by atoms with Gasteiger partial charge < -0.3 is 0 Å². The van der Waals surface area contributed by atoms with Gasteiger partial charge in [0.2, 0.25) is 0 Å². The van der Waals surface area contributed by atoms with Crippen molar-refractivity contribution in [2.75, 3.05) is 6.54 Å². The lowest BCUT2D eigenvalue weighted by Gasteiger charge is -1.90. The number of hydrogen-bond donors (Lipinski definition) is 1. The predicted octanol–water partition coefficient (Wildman–Crippen LogP) is 1.42. The summed E-state index contributed by atoms with van der Waals surface area (Å²) in [6, 6.07) is 0. The Morgan fingerprint density at radius 3 is 2.75 bits per heavy atom. The zero-order valence-corrected chi connectivity index (χ0v) is 6.16. The molecule has 0 saturated heterocycles. The van der Waals surface area contributed by atoms with E-state index >= 15 is 0 Å². The molecule has 2 nitrogen and oxygen atoms in total. The molecule has 0 aliphatic heterocycles. The van der Waals surface area contributed by atoms with Gasteiger partial charge in [0.15, 0.2) is 0 Å². The highest BCUT2D eigenvalue weighted by Gasteiger charge is 1.82. The molecule has 0 radical (unpaired) electrons. The topological polar surface area (TPSA) is 38.4 Å². The van der Waals surface area contributed by atoms with E-state index in [-0.39, 0.29) is 0 Å². The molecule has 0 unspecified atom stereocenters. The maximum absolute atomic E-state index is 5.20. The van der Waals surface area contributed by atoms with Gasteiger partial charge in [0.05, 0.1) is 5.04 Å². The van der Waals surface area contributed by atoms with Crippen molar-refractivity contribution < 1.29 is 0 Å². The number of rotatable bonds is 2. The SMILES string of the molecule is CCC/N=C(/C)SN. The van der Waals surface area contributed by atoms with Crippen LogP contribution in [-0.2, 0) is 0 Å². The summed E-state index contributed by atoms with van der Waals surface area (Å²) >= 11 is 1.21. The summed E-state index contributed by atoms with van der Waals surface area (Å²) in [6.07, 6.45) is 1.10. The summed E-state index contributed by atoms with van der Waals surface area (Å²) in [5.74, 6) is 0. The van der Waals surface area contributed by atoms with Gasteiger partial charge in [0.25, 0.3) is 0 Å². The fourth-order valence-electron chi connectivity index (χ4n) is 0.307. The molecule has 0 rings (SSSR count). The van der Waals surface area contributed by atoms with E-state index < -0.39 is 0 Å². The van der Waals surface area contributed by atoms with E-state index in [1.54, 1.807) is 0 Å². The van der Waals surface area contributed by atoms with Crippen molar-refractivity contribution in [1.82, 2.24) is 0 Å². The Morgan fingerprint density at radius 1 is 1.75 bits per heavy atom. The summed E-state index contributed by atoms with van der Waals surface area (Å²) in [5, 5.41) is 6.16. The van der Waals surface area contributed by atoms with E-state index in [0.717, 1.165) is 18.0 Å². The third-order valence-electron chi connectivity index (χ3n) is 0.729. The molecule has 0 saturated carbocycles. The van der Waals surface area contributed by atoms with E-state index in [1.165, 1.54) is 11.9 Å². The molecule has 0 aromatic rings. The highest BCUT2D eigenvalue weighted by molar-refractivity contribution is 8.11. The molecule has 0 amide bonds. The number of nitrogens with zero attached hydrogens (tertiary/aromatic N) is 1. The smallest absolute Gasteiger partial charge is 0.0793 e. The van der Waals surface area contributed by atoms with Gasteiger partial charge in [-0.1, -0.05) is 6.92 Å². The minimum Gasteiger partial charge on any atom is -0.282 e. The first-order chi connectivity index (χ1) is 3.81. The van der Waals surface area contributed by atoms with Crippen LogP contribution < -0.4 is 5.14 Å². The molecule has 3 heteroatoms. The molecule has 0 atom stereocenters. The van der Waals surface area contributed by atoms with Crippen LogP contribution in [0.4, 0.5) is 0 Å². The molecule has 0 heterocycles. The molecule has 0 aromatic carbocycles. The number of aliphatic imine (C=N–C) groups is 1. The highest BCUT2D eigenvalue weighted by Crippen LogP contribution is 1.91. The molecule has 0 spiro atoms. The third-order valence-corrected chi connectivity index (χ3v) is 1.20. The van der Waals surface area contributed by atoms with Crippen molar-refractivity contribution in [2.45, 2.75) is 20.3 Å². The molecule has 0 bridgehead atoms. The second kappa shape index (κ2) is 5.12. The Labute approximate surface area is 54.7 Å². The third kappa shape index (κ3) is 4.15. The quantitative estimate of drug-likeness (QED) is 0.350. The Kier molecular flexibility index (Phi) is 5.11. The van der Waals surface area contributed by atoms with E-state index in [0.29, 0.717) is 0 Å². The lowest BCUT2D eigenvalue weighted by atomic mass is 10.5. The predicted molar refractivity (Wildman–Crippen MR) is 40.0 cm³/mol. The molecule has 0 aliphatic rings. The van der Waals surface area contributed by atoms with E-state index in [2.05, 4.69) is 11.9 Å². The van der Waals surface area contributed by atoms with E-state index in [1.807, 2.05) is 6.92 Å². The van der Waals surface area contributed by atoms with Crippen LogP contribution in [0.1, 0.15) is 20.3 Å². The minimum absolute atomic E-state index is 0.899. The molecule has 2 N–H and O–H groups in total. The molecule has 8 heavy (non-hydrogen) atoms. The fraction of sp³-hybridized carbons (Fsp3) is 0.800. The maximum Gasteiger partial charge on any atom is 0.0793 e. The summed E-state index contributed by atoms with van der Waals surface area (Å²) in [4.78, 5) is 4.12. The summed E-state index contributed by atoms with van der Waals surface area (Å²) in [5.41, 5.74) is 0. The zero-order chi connectivity index (χ0) is 6.41. The lowest BCUT2D eigenvalue weighted by molar-refractivity contribution is 0.935. The maximum atomic E-state index is 5.20. The van der Waals surface area contributed by atoms with Crippen molar-refractivity contribution in [3.63, 3.8) is 0 Å². The average molecular weight is 132 g/mol. The van der Waals surface area contributed by atoms with Crippen LogP contribution in [0.2, 0.25) is 0 Å². The summed E-state index contributed by atoms with van der Waals surface area (Å²) in [7, 11) is 0. The summed E-state index contributed by atoms with van der Waals surface area (Å²) in [6.45, 7) is 4.91. The normalized spacial score (nSPS) is 12.1. The second-order valence-electron chi connectivity index (χ2n) is 1.52. The van der Waals surface area contributed by atoms with Gasteiger partial charge in [0.1, 0.15) is 0 Å². The van der Waals surface area contributed by atoms with Gasteiger partial charge in [-0.3, -0.25) is 10.1 Å². The molecule has 0 fully saturated rings. The van der Waals surface area contributed by atoms with Crippen molar-refractivity contribution in [2.24, 2.45) is 10.1 Å². The number of nitrogens with two attached hydrogens (primary N) is 1. The van der Waals surface area contributed by atoms with Crippen molar-refractivity contribution >= 4 is 17.0 Å². The fourth-order valence-corrected chi connectivity index (χ4v) is 0.472. The van der Waals surface area contributed by atoms with Crippen molar-refractivity contribution in [3.05, 3.63) is 0 Å². The standard InChI is InChI=1S/C5H12N2S/c1-3-4-7-5(2)8-6/h3-4,6H2,1-2H3/b7-5-. The molecular weight excluding hydrogens is 120 g/mol. The monoisotopic (exact) mass is 132 g/mol. The van der Waals surface area contributed by atoms with E-state index in [9.17, 15) is 0 Å². The van der Waals surface area contributed by atoms with Crippen LogP contribution in [0.3, 0.4) is 0 Å². The Bertz CT molecular complexity index is 80.5. The van der Waals surface area contributed by atoms with Crippen LogP contribution in [0.5, 0.6) is 0 Å². The second-order valence-corrected chi connectivity index (χ2v) is 2.35. The van der Waals surface area contributed by atoms with Crippen LogP contribution in [0.25, 0.3) is 0 Å². The first kappa shape index (κ1) is 7.98. The van der Waals surface area contributed by atoms with Gasteiger partial charge in [0, 0.05) is 6.54 Å². The van der Waals surface area contributed by atoms with Crippen molar-refractivity contribution in [3.8, 4) is 0 Å². The summed E-state index contributed by atoms with van der Waals surface area (Å²) < 4.78 is 0. The van der Waals surface area contributed by atoms with Gasteiger partial charge in [-0.15, -0.1) is 0 Å².